The first-order valence-electron chi connectivity index (χ1n) is 7.66. The molecule has 2 rings (SSSR count). The van der Waals surface area contributed by atoms with Gasteiger partial charge in [-0.1, -0.05) is 6.07 Å². The van der Waals surface area contributed by atoms with E-state index in [-0.39, 0.29) is 5.91 Å². The number of carbonyl (C=O) groups excluding carboxylic acids is 1. The summed E-state index contributed by atoms with van der Waals surface area (Å²) in [6, 6.07) is 7.50. The van der Waals surface area contributed by atoms with E-state index >= 15 is 0 Å². The summed E-state index contributed by atoms with van der Waals surface area (Å²) >= 11 is 1.74. The quantitative estimate of drug-likeness (QED) is 0.391. The van der Waals surface area contributed by atoms with Crippen molar-refractivity contribution in [3.8, 4) is 0 Å². The molecule has 7 heteroatoms. The first kappa shape index (κ1) is 17.1. The Bertz CT molecular complexity index is 594. The first-order chi connectivity index (χ1) is 11.3. The maximum Gasteiger partial charge on any atom is 0.287 e. The van der Waals surface area contributed by atoms with Gasteiger partial charge in [0.15, 0.2) is 11.7 Å². The van der Waals surface area contributed by atoms with Gasteiger partial charge in [-0.05, 0) is 30.5 Å². The summed E-state index contributed by atoms with van der Waals surface area (Å²) in [5.74, 6) is 0.870. The standard InChI is InChI=1S/C16H22N4O2S/c1-2-17-16(19-8-7-13-5-4-12-23-13)20-10-9-18-15(21)14-6-3-11-22-14/h3-6,11-12H,2,7-10H2,1H3,(H,18,21)(H2,17,19,20). The second-order valence-electron chi connectivity index (χ2n) is 4.75. The average molecular weight is 334 g/mol. The van der Waals surface area contributed by atoms with E-state index in [4.69, 9.17) is 4.42 Å². The smallest absolute Gasteiger partial charge is 0.287 e. The van der Waals surface area contributed by atoms with Gasteiger partial charge in [-0.15, -0.1) is 11.3 Å². The number of rotatable bonds is 8. The Hall–Kier alpha value is -2.28. The van der Waals surface area contributed by atoms with Gasteiger partial charge in [-0.3, -0.25) is 9.79 Å². The minimum atomic E-state index is -0.212. The van der Waals surface area contributed by atoms with Crippen molar-refractivity contribution in [2.24, 2.45) is 4.99 Å². The fourth-order valence-corrected chi connectivity index (χ4v) is 2.62. The van der Waals surface area contributed by atoms with Crippen molar-refractivity contribution in [1.29, 1.82) is 0 Å². The zero-order valence-corrected chi connectivity index (χ0v) is 14.0. The Labute approximate surface area is 140 Å². The number of nitrogens with zero attached hydrogens (tertiary/aromatic N) is 1. The summed E-state index contributed by atoms with van der Waals surface area (Å²) < 4.78 is 5.03. The highest BCUT2D eigenvalue weighted by Crippen LogP contribution is 2.08. The van der Waals surface area contributed by atoms with Gasteiger partial charge in [0.05, 0.1) is 6.26 Å². The van der Waals surface area contributed by atoms with Gasteiger partial charge in [0, 0.05) is 37.5 Å². The number of hydrogen-bond donors (Lipinski definition) is 3. The summed E-state index contributed by atoms with van der Waals surface area (Å²) in [4.78, 5) is 17.6. The van der Waals surface area contributed by atoms with Gasteiger partial charge in [-0.25, -0.2) is 0 Å². The van der Waals surface area contributed by atoms with Gasteiger partial charge in [0.1, 0.15) is 0 Å². The molecule has 2 aromatic rings. The Morgan fingerprint density at radius 3 is 2.78 bits per heavy atom. The highest BCUT2D eigenvalue weighted by molar-refractivity contribution is 7.09. The third-order valence-corrected chi connectivity index (χ3v) is 3.94. The molecule has 0 saturated heterocycles. The molecule has 0 unspecified atom stereocenters. The molecule has 0 aliphatic rings. The van der Waals surface area contributed by atoms with Crippen molar-refractivity contribution < 1.29 is 9.21 Å². The molecule has 2 aromatic heterocycles. The maximum atomic E-state index is 11.7. The van der Waals surface area contributed by atoms with Crippen molar-refractivity contribution in [2.75, 3.05) is 26.2 Å². The lowest BCUT2D eigenvalue weighted by molar-refractivity contribution is 0.0926. The first-order valence-corrected chi connectivity index (χ1v) is 8.54. The van der Waals surface area contributed by atoms with Gasteiger partial charge in [-0.2, -0.15) is 0 Å². The number of nitrogens with one attached hydrogen (secondary N) is 3. The van der Waals surface area contributed by atoms with Crippen LogP contribution in [0.25, 0.3) is 0 Å². The van der Waals surface area contributed by atoms with E-state index in [1.54, 1.807) is 23.5 Å². The second-order valence-corrected chi connectivity index (χ2v) is 5.78. The predicted molar refractivity (Wildman–Crippen MR) is 93.0 cm³/mol. The summed E-state index contributed by atoms with van der Waals surface area (Å²) in [7, 11) is 0. The molecule has 0 aromatic carbocycles. The number of furan rings is 1. The molecule has 1 amide bonds. The van der Waals surface area contributed by atoms with Crippen LogP contribution >= 0.6 is 11.3 Å². The minimum absolute atomic E-state index is 0.212. The Morgan fingerprint density at radius 1 is 1.22 bits per heavy atom. The van der Waals surface area contributed by atoms with E-state index in [2.05, 4.69) is 38.5 Å². The van der Waals surface area contributed by atoms with Crippen molar-refractivity contribution in [3.63, 3.8) is 0 Å². The summed E-state index contributed by atoms with van der Waals surface area (Å²) in [6.45, 7) is 4.64. The maximum absolute atomic E-state index is 11.7. The monoisotopic (exact) mass is 334 g/mol. The lowest BCUT2D eigenvalue weighted by Crippen LogP contribution is -2.41. The van der Waals surface area contributed by atoms with E-state index in [0.29, 0.717) is 18.8 Å². The zero-order chi connectivity index (χ0) is 16.3. The van der Waals surface area contributed by atoms with Crippen LogP contribution in [-0.2, 0) is 6.42 Å². The van der Waals surface area contributed by atoms with Gasteiger partial charge < -0.3 is 20.4 Å². The summed E-state index contributed by atoms with van der Waals surface area (Å²) in [5, 5.41) is 11.2. The highest BCUT2D eigenvalue weighted by atomic mass is 32.1. The predicted octanol–water partition coefficient (Wildman–Crippen LogP) is 1.87. The van der Waals surface area contributed by atoms with Crippen LogP contribution in [0.3, 0.4) is 0 Å². The molecule has 0 spiro atoms. The lowest BCUT2D eigenvalue weighted by atomic mass is 10.3. The van der Waals surface area contributed by atoms with Gasteiger partial charge >= 0.3 is 0 Å². The number of aliphatic imine (C=N–C) groups is 1. The molecule has 0 radical (unpaired) electrons. The number of amides is 1. The summed E-state index contributed by atoms with van der Waals surface area (Å²) in [5.41, 5.74) is 0. The average Bonchev–Trinajstić information content (AvgIpc) is 3.24. The van der Waals surface area contributed by atoms with E-state index in [9.17, 15) is 4.79 Å². The third-order valence-electron chi connectivity index (χ3n) is 3.00. The van der Waals surface area contributed by atoms with Crippen LogP contribution < -0.4 is 16.0 Å². The highest BCUT2D eigenvalue weighted by Gasteiger charge is 2.06. The van der Waals surface area contributed by atoms with Crippen LogP contribution in [0.5, 0.6) is 0 Å². The molecule has 0 fully saturated rings. The van der Waals surface area contributed by atoms with Crippen LogP contribution in [0.4, 0.5) is 0 Å². The van der Waals surface area contributed by atoms with Crippen LogP contribution in [0.2, 0.25) is 0 Å². The molecule has 0 aliphatic heterocycles. The third kappa shape index (κ3) is 6.15. The van der Waals surface area contributed by atoms with Crippen molar-refractivity contribution in [2.45, 2.75) is 13.3 Å². The van der Waals surface area contributed by atoms with Crippen molar-refractivity contribution in [1.82, 2.24) is 16.0 Å². The number of hydrogen-bond acceptors (Lipinski definition) is 4. The molecule has 0 atom stereocenters. The SMILES string of the molecule is CCNC(=NCCc1cccs1)NCCNC(=O)c1ccco1. The van der Waals surface area contributed by atoms with E-state index in [1.807, 2.05) is 6.92 Å². The lowest BCUT2D eigenvalue weighted by Gasteiger charge is -2.11. The van der Waals surface area contributed by atoms with Crippen LogP contribution in [0.15, 0.2) is 45.3 Å². The number of carbonyl (C=O) groups is 1. The Kier molecular flexibility index (Phi) is 7.19. The molecule has 3 N–H and O–H groups in total. The minimum Gasteiger partial charge on any atom is -0.459 e. The largest absolute Gasteiger partial charge is 0.459 e. The molecule has 6 nitrogen and oxygen atoms in total. The molecule has 124 valence electrons. The van der Waals surface area contributed by atoms with Crippen molar-refractivity contribution >= 4 is 23.2 Å². The van der Waals surface area contributed by atoms with E-state index < -0.39 is 0 Å². The molecule has 0 aliphatic carbocycles. The normalized spacial score (nSPS) is 11.3. The zero-order valence-electron chi connectivity index (χ0n) is 13.2. The molecule has 23 heavy (non-hydrogen) atoms. The fourth-order valence-electron chi connectivity index (χ4n) is 1.93. The van der Waals surface area contributed by atoms with E-state index in [0.717, 1.165) is 25.5 Å². The Balaban J connectivity index is 1.68. The second kappa shape index (κ2) is 9.68. The van der Waals surface area contributed by atoms with Gasteiger partial charge in [0.25, 0.3) is 5.91 Å². The van der Waals surface area contributed by atoms with E-state index in [1.165, 1.54) is 11.1 Å². The van der Waals surface area contributed by atoms with Crippen LogP contribution in [0, 0.1) is 0 Å². The van der Waals surface area contributed by atoms with Crippen LogP contribution in [-0.4, -0.2) is 38.0 Å². The van der Waals surface area contributed by atoms with Crippen LogP contribution in [0.1, 0.15) is 22.4 Å². The number of thiophene rings is 1. The fraction of sp³-hybridized carbons (Fsp3) is 0.375. The topological polar surface area (TPSA) is 78.7 Å². The Morgan fingerprint density at radius 2 is 2.09 bits per heavy atom. The molecular formula is C16H22N4O2S. The van der Waals surface area contributed by atoms with Gasteiger partial charge in [0.2, 0.25) is 0 Å². The molecule has 0 bridgehead atoms. The van der Waals surface area contributed by atoms with Crippen molar-refractivity contribution in [3.05, 3.63) is 46.5 Å². The molecular weight excluding hydrogens is 312 g/mol. The summed E-state index contributed by atoms with van der Waals surface area (Å²) in [6.07, 6.45) is 2.42. The molecule has 0 saturated carbocycles. The molecule has 2 heterocycles. The number of guanidine groups is 1.